The van der Waals surface area contributed by atoms with Crippen molar-refractivity contribution < 1.29 is 13.5 Å². The van der Waals surface area contributed by atoms with Gasteiger partial charge in [-0.25, -0.2) is 8.78 Å². The number of rotatable bonds is 4. The van der Waals surface area contributed by atoms with E-state index >= 15 is 0 Å². The van der Waals surface area contributed by atoms with Crippen molar-refractivity contribution in [3.05, 3.63) is 24.3 Å². The Kier molecular flexibility index (Phi) is 4.36. The van der Waals surface area contributed by atoms with Gasteiger partial charge in [-0.2, -0.15) is 0 Å². The van der Waals surface area contributed by atoms with Gasteiger partial charge in [0.05, 0.1) is 5.69 Å². The minimum absolute atomic E-state index is 0.246. The molecule has 1 aliphatic rings. The normalized spacial score (nSPS) is 17.2. The molecule has 1 fully saturated rings. The minimum atomic E-state index is -2.45. The number of para-hydroxylation sites is 2. The zero-order chi connectivity index (χ0) is 13.0. The highest BCUT2D eigenvalue weighted by atomic mass is 19.3. The molecule has 0 atom stereocenters. The van der Waals surface area contributed by atoms with E-state index in [1.807, 2.05) is 12.1 Å². The second kappa shape index (κ2) is 6.00. The number of nitrogens with zero attached hydrogens (tertiary/aromatic N) is 1. The summed E-state index contributed by atoms with van der Waals surface area (Å²) in [5.74, 6) is 0.522. The molecule has 3 nitrogen and oxygen atoms in total. The Bertz CT molecular complexity index is 379. The van der Waals surface area contributed by atoms with Crippen LogP contribution in [0.25, 0.3) is 0 Å². The first-order chi connectivity index (χ1) is 8.66. The van der Waals surface area contributed by atoms with Crippen molar-refractivity contribution in [2.75, 3.05) is 24.6 Å². The number of piperidine rings is 1. The van der Waals surface area contributed by atoms with Crippen LogP contribution in [-0.4, -0.2) is 32.2 Å². The molecule has 2 rings (SSSR count). The SMILES string of the molecule is NC1CCN(c2ccccc2OCC(F)F)CC1. The van der Waals surface area contributed by atoms with Crippen molar-refractivity contribution in [3.63, 3.8) is 0 Å². The molecule has 1 aromatic rings. The number of hydrogen-bond donors (Lipinski definition) is 1. The summed E-state index contributed by atoms with van der Waals surface area (Å²) in [6.07, 6.45) is -0.611. The summed E-state index contributed by atoms with van der Waals surface area (Å²) in [7, 11) is 0. The largest absolute Gasteiger partial charge is 0.485 e. The Labute approximate surface area is 106 Å². The van der Waals surface area contributed by atoms with Crippen molar-refractivity contribution in [1.82, 2.24) is 0 Å². The molecular formula is C13H18F2N2O. The maximum atomic E-state index is 12.2. The van der Waals surface area contributed by atoms with E-state index in [0.717, 1.165) is 31.6 Å². The van der Waals surface area contributed by atoms with Crippen LogP contribution in [-0.2, 0) is 0 Å². The minimum Gasteiger partial charge on any atom is -0.485 e. The molecule has 2 N–H and O–H groups in total. The average Bonchev–Trinajstić information content (AvgIpc) is 2.38. The molecule has 5 heteroatoms. The summed E-state index contributed by atoms with van der Waals surface area (Å²) in [5.41, 5.74) is 6.73. The summed E-state index contributed by atoms with van der Waals surface area (Å²) in [6.45, 7) is 1.12. The van der Waals surface area contributed by atoms with Crippen LogP contribution >= 0.6 is 0 Å². The molecule has 100 valence electrons. The van der Waals surface area contributed by atoms with Gasteiger partial charge in [-0.05, 0) is 25.0 Å². The third kappa shape index (κ3) is 3.32. The lowest BCUT2D eigenvalue weighted by molar-refractivity contribution is 0.0821. The zero-order valence-electron chi connectivity index (χ0n) is 10.2. The van der Waals surface area contributed by atoms with Crippen molar-refractivity contribution in [2.24, 2.45) is 5.73 Å². The Hall–Kier alpha value is -1.36. The van der Waals surface area contributed by atoms with E-state index in [2.05, 4.69) is 4.90 Å². The highest BCUT2D eigenvalue weighted by molar-refractivity contribution is 5.58. The van der Waals surface area contributed by atoms with Crippen LogP contribution in [0.3, 0.4) is 0 Å². The number of benzene rings is 1. The van der Waals surface area contributed by atoms with Crippen LogP contribution in [0.4, 0.5) is 14.5 Å². The molecule has 0 bridgehead atoms. The summed E-state index contributed by atoms with van der Waals surface area (Å²) in [4.78, 5) is 2.14. The van der Waals surface area contributed by atoms with Gasteiger partial charge in [0, 0.05) is 19.1 Å². The van der Waals surface area contributed by atoms with Crippen molar-refractivity contribution in [2.45, 2.75) is 25.3 Å². The lowest BCUT2D eigenvalue weighted by atomic mass is 10.1. The molecule has 0 amide bonds. The predicted octanol–water partition coefficient (Wildman–Crippen LogP) is 2.26. The first kappa shape index (κ1) is 13.1. The monoisotopic (exact) mass is 256 g/mol. The van der Waals surface area contributed by atoms with Gasteiger partial charge in [0.15, 0.2) is 0 Å². The molecule has 0 aromatic heterocycles. The third-order valence-electron chi connectivity index (χ3n) is 3.11. The lowest BCUT2D eigenvalue weighted by Gasteiger charge is -2.33. The van der Waals surface area contributed by atoms with Gasteiger partial charge < -0.3 is 15.4 Å². The molecule has 0 spiro atoms. The van der Waals surface area contributed by atoms with E-state index in [9.17, 15) is 8.78 Å². The van der Waals surface area contributed by atoms with E-state index in [4.69, 9.17) is 10.5 Å². The topological polar surface area (TPSA) is 38.5 Å². The Morgan fingerprint density at radius 1 is 1.28 bits per heavy atom. The van der Waals surface area contributed by atoms with Gasteiger partial charge in [-0.3, -0.25) is 0 Å². The van der Waals surface area contributed by atoms with Crippen LogP contribution in [0.2, 0.25) is 0 Å². The fourth-order valence-corrected chi connectivity index (χ4v) is 2.13. The van der Waals surface area contributed by atoms with Crippen LogP contribution in [0.15, 0.2) is 24.3 Å². The number of halogens is 2. The van der Waals surface area contributed by atoms with Crippen molar-refractivity contribution in [3.8, 4) is 5.75 Å². The zero-order valence-corrected chi connectivity index (χ0v) is 10.2. The van der Waals surface area contributed by atoms with Crippen LogP contribution < -0.4 is 15.4 Å². The van der Waals surface area contributed by atoms with E-state index in [-0.39, 0.29) is 6.04 Å². The summed E-state index contributed by atoms with van der Waals surface area (Å²) in [6, 6.07) is 7.55. The lowest BCUT2D eigenvalue weighted by Crippen LogP contribution is -2.39. The number of nitrogens with two attached hydrogens (primary N) is 1. The second-order valence-electron chi connectivity index (χ2n) is 4.49. The highest BCUT2D eigenvalue weighted by Crippen LogP contribution is 2.30. The first-order valence-corrected chi connectivity index (χ1v) is 6.17. The molecule has 1 aromatic carbocycles. The Morgan fingerprint density at radius 2 is 1.94 bits per heavy atom. The third-order valence-corrected chi connectivity index (χ3v) is 3.11. The van der Waals surface area contributed by atoms with E-state index < -0.39 is 13.0 Å². The molecule has 18 heavy (non-hydrogen) atoms. The van der Waals surface area contributed by atoms with Gasteiger partial charge in [-0.1, -0.05) is 12.1 Å². The van der Waals surface area contributed by atoms with Gasteiger partial charge in [0.2, 0.25) is 0 Å². The number of hydrogen-bond acceptors (Lipinski definition) is 3. The van der Waals surface area contributed by atoms with Crippen LogP contribution in [0, 0.1) is 0 Å². The van der Waals surface area contributed by atoms with E-state index in [0.29, 0.717) is 5.75 Å². The molecule has 0 unspecified atom stereocenters. The Morgan fingerprint density at radius 3 is 2.61 bits per heavy atom. The van der Waals surface area contributed by atoms with Gasteiger partial charge >= 0.3 is 0 Å². The fraction of sp³-hybridized carbons (Fsp3) is 0.538. The van der Waals surface area contributed by atoms with Crippen molar-refractivity contribution >= 4 is 5.69 Å². The molecule has 0 radical (unpaired) electrons. The van der Waals surface area contributed by atoms with Gasteiger partial charge in [-0.15, -0.1) is 0 Å². The number of ether oxygens (including phenoxy) is 1. The summed E-state index contributed by atoms with van der Waals surface area (Å²) in [5, 5.41) is 0. The summed E-state index contributed by atoms with van der Waals surface area (Å²) >= 11 is 0. The molecule has 0 saturated carbocycles. The standard InChI is InChI=1S/C13H18F2N2O/c14-13(15)9-18-12-4-2-1-3-11(12)17-7-5-10(16)6-8-17/h1-4,10,13H,5-9,16H2. The van der Waals surface area contributed by atoms with Crippen LogP contribution in [0.1, 0.15) is 12.8 Å². The molecule has 0 aliphatic carbocycles. The molecule has 1 aliphatic heterocycles. The van der Waals surface area contributed by atoms with Gasteiger partial charge in [0.1, 0.15) is 12.4 Å². The molecular weight excluding hydrogens is 238 g/mol. The van der Waals surface area contributed by atoms with E-state index in [1.54, 1.807) is 12.1 Å². The van der Waals surface area contributed by atoms with Gasteiger partial charge in [0.25, 0.3) is 6.43 Å². The quantitative estimate of drug-likeness (QED) is 0.898. The maximum Gasteiger partial charge on any atom is 0.272 e. The maximum absolute atomic E-state index is 12.2. The summed E-state index contributed by atoms with van der Waals surface area (Å²) < 4.78 is 29.5. The smallest absolute Gasteiger partial charge is 0.272 e. The molecule has 1 saturated heterocycles. The second-order valence-corrected chi connectivity index (χ2v) is 4.49. The van der Waals surface area contributed by atoms with Crippen molar-refractivity contribution in [1.29, 1.82) is 0 Å². The van der Waals surface area contributed by atoms with E-state index in [1.165, 1.54) is 0 Å². The molecule has 1 heterocycles. The Balaban J connectivity index is 2.07. The number of alkyl halides is 2. The number of anilines is 1. The van der Waals surface area contributed by atoms with Crippen LogP contribution in [0.5, 0.6) is 5.75 Å². The fourth-order valence-electron chi connectivity index (χ4n) is 2.13. The highest BCUT2D eigenvalue weighted by Gasteiger charge is 2.19. The average molecular weight is 256 g/mol. The first-order valence-electron chi connectivity index (χ1n) is 6.17. The predicted molar refractivity (Wildman–Crippen MR) is 67.4 cm³/mol.